The molecule has 0 aliphatic heterocycles. The summed E-state index contributed by atoms with van der Waals surface area (Å²) in [5, 5.41) is 10.9. The first kappa shape index (κ1) is 15.8. The van der Waals surface area contributed by atoms with Gasteiger partial charge < -0.3 is 4.18 Å². The molecular weight excluding hydrogens is 340 g/mol. The molecule has 3 aromatic rings. The molecule has 0 atom stereocenters. The van der Waals surface area contributed by atoms with Gasteiger partial charge in [0.2, 0.25) is 0 Å². The van der Waals surface area contributed by atoms with Gasteiger partial charge in [-0.05, 0) is 71.5 Å². The molecule has 4 rings (SSSR count). The number of aryl methyl sites for hydroxylation is 2. The summed E-state index contributed by atoms with van der Waals surface area (Å²) < 4.78 is 32.0. The van der Waals surface area contributed by atoms with Gasteiger partial charge in [-0.3, -0.25) is 0 Å². The van der Waals surface area contributed by atoms with Crippen molar-refractivity contribution < 1.29 is 12.6 Å². The van der Waals surface area contributed by atoms with Crippen LogP contribution in [0.5, 0.6) is 5.75 Å². The van der Waals surface area contributed by atoms with E-state index in [0.29, 0.717) is 5.69 Å². The second kappa shape index (κ2) is 6.29. The molecule has 0 fully saturated rings. The van der Waals surface area contributed by atoms with Crippen molar-refractivity contribution >= 4 is 10.1 Å². The predicted molar refractivity (Wildman–Crippen MR) is 90.1 cm³/mol. The van der Waals surface area contributed by atoms with E-state index in [4.69, 9.17) is 4.18 Å². The number of rotatable bonds is 4. The quantitative estimate of drug-likeness (QED) is 0.667. The Bertz CT molecular complexity index is 1000. The van der Waals surface area contributed by atoms with E-state index in [1.165, 1.54) is 16.6 Å². The highest BCUT2D eigenvalue weighted by atomic mass is 32.2. The maximum Gasteiger partial charge on any atom is 0.339 e. The first-order chi connectivity index (χ1) is 12.1. The fourth-order valence-corrected chi connectivity index (χ4v) is 3.97. The highest BCUT2D eigenvalue weighted by Crippen LogP contribution is 2.26. The van der Waals surface area contributed by atoms with Crippen molar-refractivity contribution in [3.63, 3.8) is 0 Å². The van der Waals surface area contributed by atoms with Crippen molar-refractivity contribution in [1.82, 2.24) is 20.2 Å². The van der Waals surface area contributed by atoms with Crippen LogP contribution in [-0.2, 0) is 23.0 Å². The minimum absolute atomic E-state index is 0.181. The largest absolute Gasteiger partial charge is 0.379 e. The lowest BCUT2D eigenvalue weighted by molar-refractivity contribution is 0.485. The van der Waals surface area contributed by atoms with E-state index in [9.17, 15) is 8.42 Å². The molecule has 1 aromatic heterocycles. The second-order valence-electron chi connectivity index (χ2n) is 5.93. The van der Waals surface area contributed by atoms with Crippen LogP contribution in [0, 0.1) is 0 Å². The highest BCUT2D eigenvalue weighted by molar-refractivity contribution is 7.87. The van der Waals surface area contributed by atoms with Crippen LogP contribution in [-0.4, -0.2) is 28.6 Å². The van der Waals surface area contributed by atoms with Crippen molar-refractivity contribution in [2.75, 3.05) is 0 Å². The number of hydrogen-bond acceptors (Lipinski definition) is 6. The normalized spacial score (nSPS) is 14.1. The molecule has 0 amide bonds. The van der Waals surface area contributed by atoms with Gasteiger partial charge >= 0.3 is 10.1 Å². The zero-order valence-electron chi connectivity index (χ0n) is 13.4. The van der Waals surface area contributed by atoms with Gasteiger partial charge in [0.05, 0.1) is 5.69 Å². The van der Waals surface area contributed by atoms with Gasteiger partial charge in [-0.2, -0.15) is 8.42 Å². The summed E-state index contributed by atoms with van der Waals surface area (Å²) in [6.45, 7) is 0. The first-order valence-corrected chi connectivity index (χ1v) is 9.42. The molecule has 8 heteroatoms. The van der Waals surface area contributed by atoms with Gasteiger partial charge in [-0.1, -0.05) is 12.1 Å². The standard InChI is InChI=1S/C17H16N4O3S/c22-25(23,17-9-8-13-4-1-2-5-14(13)10-17)24-16-7-3-6-15(11-16)21-12-18-19-20-21/h3,6-12H,1-2,4-5H2. The van der Waals surface area contributed by atoms with Crippen molar-refractivity contribution in [2.24, 2.45) is 0 Å². The zero-order chi connectivity index (χ0) is 17.3. The average molecular weight is 356 g/mol. The molecule has 7 nitrogen and oxygen atoms in total. The van der Waals surface area contributed by atoms with Crippen LogP contribution >= 0.6 is 0 Å². The van der Waals surface area contributed by atoms with Crippen LogP contribution in [0.25, 0.3) is 5.69 Å². The molecule has 128 valence electrons. The van der Waals surface area contributed by atoms with Crippen LogP contribution in [0.1, 0.15) is 24.0 Å². The SMILES string of the molecule is O=S(=O)(Oc1cccc(-n2cnnn2)c1)c1ccc2c(c1)CCCC2. The van der Waals surface area contributed by atoms with E-state index in [1.807, 2.05) is 6.07 Å². The summed E-state index contributed by atoms with van der Waals surface area (Å²) in [6, 6.07) is 11.8. The molecule has 1 aliphatic carbocycles. The minimum atomic E-state index is -3.89. The second-order valence-corrected chi connectivity index (χ2v) is 7.47. The lowest BCUT2D eigenvalue weighted by Gasteiger charge is -2.16. The van der Waals surface area contributed by atoms with Crippen molar-refractivity contribution in [1.29, 1.82) is 0 Å². The number of nitrogens with zero attached hydrogens (tertiary/aromatic N) is 4. The van der Waals surface area contributed by atoms with E-state index in [2.05, 4.69) is 15.5 Å². The molecule has 0 radical (unpaired) electrons. The lowest BCUT2D eigenvalue weighted by Crippen LogP contribution is -2.12. The highest BCUT2D eigenvalue weighted by Gasteiger charge is 2.20. The summed E-state index contributed by atoms with van der Waals surface area (Å²) in [7, 11) is -3.89. The van der Waals surface area contributed by atoms with Crippen LogP contribution in [0.2, 0.25) is 0 Å². The first-order valence-electron chi connectivity index (χ1n) is 8.01. The molecule has 0 saturated carbocycles. The van der Waals surface area contributed by atoms with Gasteiger partial charge in [-0.25, -0.2) is 4.68 Å². The van der Waals surface area contributed by atoms with E-state index < -0.39 is 10.1 Å². The summed E-state index contributed by atoms with van der Waals surface area (Å²) in [4.78, 5) is 0.181. The Balaban J connectivity index is 1.62. The molecule has 25 heavy (non-hydrogen) atoms. The fourth-order valence-electron chi connectivity index (χ4n) is 3.00. The summed E-state index contributed by atoms with van der Waals surface area (Å²) in [5.41, 5.74) is 2.94. The average Bonchev–Trinajstić information content (AvgIpc) is 3.16. The Labute approximate surface area is 145 Å². The van der Waals surface area contributed by atoms with E-state index in [0.717, 1.165) is 31.2 Å². The lowest BCUT2D eigenvalue weighted by atomic mass is 9.92. The fraction of sp³-hybridized carbons (Fsp3) is 0.235. The minimum Gasteiger partial charge on any atom is -0.379 e. The third-order valence-electron chi connectivity index (χ3n) is 4.25. The Hall–Kier alpha value is -2.74. The van der Waals surface area contributed by atoms with Crippen molar-refractivity contribution in [3.8, 4) is 11.4 Å². The van der Waals surface area contributed by atoms with Crippen LogP contribution in [0.15, 0.2) is 53.7 Å². The van der Waals surface area contributed by atoms with Crippen molar-refractivity contribution in [3.05, 3.63) is 59.9 Å². The topological polar surface area (TPSA) is 87.0 Å². The smallest absolute Gasteiger partial charge is 0.339 e. The number of aromatic nitrogens is 4. The Kier molecular flexibility index (Phi) is 3.96. The Morgan fingerprint density at radius 3 is 2.64 bits per heavy atom. The van der Waals surface area contributed by atoms with Gasteiger partial charge in [0.1, 0.15) is 17.0 Å². The maximum absolute atomic E-state index is 12.6. The van der Waals surface area contributed by atoms with E-state index in [-0.39, 0.29) is 10.6 Å². The number of fused-ring (bicyclic) bond motifs is 1. The monoisotopic (exact) mass is 356 g/mol. The summed E-state index contributed by atoms with van der Waals surface area (Å²) in [5.74, 6) is 0.214. The Morgan fingerprint density at radius 1 is 1.00 bits per heavy atom. The number of hydrogen-bond donors (Lipinski definition) is 0. The van der Waals surface area contributed by atoms with Crippen LogP contribution in [0.3, 0.4) is 0 Å². The summed E-state index contributed by atoms with van der Waals surface area (Å²) >= 11 is 0. The van der Waals surface area contributed by atoms with Gasteiger partial charge in [0.15, 0.2) is 0 Å². The maximum atomic E-state index is 12.6. The summed E-state index contributed by atoms with van der Waals surface area (Å²) in [6.07, 6.45) is 5.58. The molecule has 1 aliphatic rings. The van der Waals surface area contributed by atoms with Crippen LogP contribution < -0.4 is 4.18 Å². The number of tetrazole rings is 1. The third kappa shape index (κ3) is 3.25. The van der Waals surface area contributed by atoms with E-state index in [1.54, 1.807) is 36.4 Å². The Morgan fingerprint density at radius 2 is 1.84 bits per heavy atom. The molecule has 1 heterocycles. The van der Waals surface area contributed by atoms with E-state index >= 15 is 0 Å². The van der Waals surface area contributed by atoms with Gasteiger partial charge in [0.25, 0.3) is 0 Å². The molecule has 0 bridgehead atoms. The van der Waals surface area contributed by atoms with Crippen molar-refractivity contribution in [2.45, 2.75) is 30.6 Å². The number of benzene rings is 2. The molecule has 0 N–H and O–H groups in total. The molecule has 0 unspecified atom stereocenters. The van der Waals surface area contributed by atoms with Gasteiger partial charge in [-0.15, -0.1) is 5.10 Å². The third-order valence-corrected chi connectivity index (χ3v) is 5.49. The zero-order valence-corrected chi connectivity index (χ0v) is 14.2. The molecular formula is C17H16N4O3S. The molecule has 0 saturated heterocycles. The molecule has 2 aromatic carbocycles. The molecule has 0 spiro atoms. The van der Waals surface area contributed by atoms with Crippen LogP contribution in [0.4, 0.5) is 0 Å². The predicted octanol–water partition coefficient (Wildman–Crippen LogP) is 2.31. The van der Waals surface area contributed by atoms with Gasteiger partial charge in [0, 0.05) is 6.07 Å².